The van der Waals surface area contributed by atoms with Gasteiger partial charge in [-0.05, 0) is 37.6 Å². The third-order valence-electron chi connectivity index (χ3n) is 3.32. The van der Waals surface area contributed by atoms with Crippen LogP contribution < -0.4 is 4.90 Å². The number of para-hydroxylation sites is 1. The molecule has 0 atom stereocenters. The molecule has 16 heavy (non-hydrogen) atoms. The molecule has 2 nitrogen and oxygen atoms in total. The van der Waals surface area contributed by atoms with E-state index >= 15 is 0 Å². The van der Waals surface area contributed by atoms with Gasteiger partial charge >= 0.3 is 0 Å². The van der Waals surface area contributed by atoms with Crippen LogP contribution in [0.15, 0.2) is 24.3 Å². The monoisotopic (exact) mass is 218 g/mol. The fourth-order valence-corrected chi connectivity index (χ4v) is 2.44. The number of hydrogen-bond donors (Lipinski definition) is 0. The molecule has 1 aliphatic rings. The van der Waals surface area contributed by atoms with Crippen LogP contribution in [0.3, 0.4) is 0 Å². The van der Waals surface area contributed by atoms with Crippen molar-refractivity contribution in [2.24, 2.45) is 0 Å². The van der Waals surface area contributed by atoms with Gasteiger partial charge in [-0.3, -0.25) is 4.90 Å². The van der Waals surface area contributed by atoms with Gasteiger partial charge in [0.25, 0.3) is 0 Å². The summed E-state index contributed by atoms with van der Waals surface area (Å²) in [5.74, 6) is 0. The van der Waals surface area contributed by atoms with Gasteiger partial charge in [0.05, 0.1) is 0 Å². The summed E-state index contributed by atoms with van der Waals surface area (Å²) in [6.07, 6.45) is 4.14. The van der Waals surface area contributed by atoms with Gasteiger partial charge in [-0.1, -0.05) is 24.6 Å². The van der Waals surface area contributed by atoms with E-state index in [-0.39, 0.29) is 0 Å². The molecular formula is C14H22N2. The Morgan fingerprint density at radius 1 is 1.06 bits per heavy atom. The van der Waals surface area contributed by atoms with Gasteiger partial charge in [-0.15, -0.1) is 0 Å². The highest BCUT2D eigenvalue weighted by Gasteiger charge is 2.12. The van der Waals surface area contributed by atoms with Crippen LogP contribution in [-0.4, -0.2) is 32.1 Å². The maximum atomic E-state index is 2.58. The molecule has 0 saturated carbocycles. The third-order valence-corrected chi connectivity index (χ3v) is 3.32. The molecule has 0 radical (unpaired) electrons. The first-order valence-corrected chi connectivity index (χ1v) is 6.25. The van der Waals surface area contributed by atoms with E-state index in [4.69, 9.17) is 0 Å². The smallest absolute Gasteiger partial charge is 0.0406 e. The second kappa shape index (κ2) is 5.35. The Labute approximate surface area is 98.9 Å². The summed E-state index contributed by atoms with van der Waals surface area (Å²) in [6.45, 7) is 3.64. The maximum absolute atomic E-state index is 2.58. The van der Waals surface area contributed by atoms with Gasteiger partial charge < -0.3 is 4.90 Å². The van der Waals surface area contributed by atoms with Crippen molar-refractivity contribution >= 4 is 5.69 Å². The Morgan fingerprint density at radius 3 is 2.44 bits per heavy atom. The second-order valence-corrected chi connectivity index (χ2v) is 4.86. The second-order valence-electron chi connectivity index (χ2n) is 4.86. The number of nitrogens with zero attached hydrogens (tertiary/aromatic N) is 2. The molecule has 0 bridgehead atoms. The van der Waals surface area contributed by atoms with Crippen LogP contribution in [0.1, 0.15) is 24.8 Å². The quantitative estimate of drug-likeness (QED) is 0.769. The fraction of sp³-hybridized carbons (Fsp3) is 0.571. The van der Waals surface area contributed by atoms with Crippen molar-refractivity contribution in [3.63, 3.8) is 0 Å². The zero-order valence-electron chi connectivity index (χ0n) is 10.4. The lowest BCUT2D eigenvalue weighted by molar-refractivity contribution is 0.221. The number of anilines is 1. The van der Waals surface area contributed by atoms with E-state index in [9.17, 15) is 0 Å². The molecule has 0 N–H and O–H groups in total. The summed E-state index contributed by atoms with van der Waals surface area (Å²) < 4.78 is 0. The van der Waals surface area contributed by atoms with E-state index < -0.39 is 0 Å². The Kier molecular flexibility index (Phi) is 3.83. The molecule has 0 spiro atoms. The Balaban J connectivity index is 2.07. The highest BCUT2D eigenvalue weighted by Crippen LogP contribution is 2.21. The van der Waals surface area contributed by atoms with Gasteiger partial charge in [0, 0.05) is 26.3 Å². The Morgan fingerprint density at radius 2 is 1.75 bits per heavy atom. The zero-order chi connectivity index (χ0) is 11.4. The SMILES string of the molecule is CN(C)c1ccccc1CN1CCCCC1. The first-order valence-electron chi connectivity index (χ1n) is 6.25. The molecular weight excluding hydrogens is 196 g/mol. The Hall–Kier alpha value is -1.02. The van der Waals surface area contributed by atoms with Crippen LogP contribution in [0, 0.1) is 0 Å². The molecule has 1 aliphatic heterocycles. The Bertz CT molecular complexity index is 327. The molecule has 1 saturated heterocycles. The largest absolute Gasteiger partial charge is 0.377 e. The number of hydrogen-bond acceptors (Lipinski definition) is 2. The van der Waals surface area contributed by atoms with Crippen molar-refractivity contribution in [2.45, 2.75) is 25.8 Å². The predicted octanol–water partition coefficient (Wildman–Crippen LogP) is 2.74. The van der Waals surface area contributed by atoms with Crippen molar-refractivity contribution in [3.05, 3.63) is 29.8 Å². The van der Waals surface area contributed by atoms with Crippen LogP contribution in [0.2, 0.25) is 0 Å². The molecule has 1 aromatic carbocycles. The lowest BCUT2D eigenvalue weighted by atomic mass is 10.1. The first kappa shape index (κ1) is 11.5. The zero-order valence-corrected chi connectivity index (χ0v) is 10.4. The van der Waals surface area contributed by atoms with Gasteiger partial charge in [0.1, 0.15) is 0 Å². The number of benzene rings is 1. The maximum Gasteiger partial charge on any atom is 0.0406 e. The van der Waals surface area contributed by atoms with E-state index in [1.54, 1.807) is 0 Å². The van der Waals surface area contributed by atoms with Crippen LogP contribution in [0.4, 0.5) is 5.69 Å². The summed E-state index contributed by atoms with van der Waals surface area (Å²) in [5.41, 5.74) is 2.81. The number of likely N-dealkylation sites (tertiary alicyclic amines) is 1. The minimum atomic E-state index is 1.11. The first-order chi connectivity index (χ1) is 7.77. The lowest BCUT2D eigenvalue weighted by Gasteiger charge is -2.28. The molecule has 2 rings (SSSR count). The van der Waals surface area contributed by atoms with Crippen LogP contribution in [0.5, 0.6) is 0 Å². The summed E-state index contributed by atoms with van der Waals surface area (Å²) in [5, 5.41) is 0. The third kappa shape index (κ3) is 2.76. The molecule has 0 unspecified atom stereocenters. The van der Waals surface area contributed by atoms with Crippen molar-refractivity contribution in [2.75, 3.05) is 32.1 Å². The topological polar surface area (TPSA) is 6.48 Å². The molecule has 1 fully saturated rings. The van der Waals surface area contributed by atoms with Crippen LogP contribution >= 0.6 is 0 Å². The van der Waals surface area contributed by atoms with Gasteiger partial charge in [-0.2, -0.15) is 0 Å². The molecule has 0 amide bonds. The van der Waals surface area contributed by atoms with E-state index in [1.807, 2.05) is 0 Å². The number of rotatable bonds is 3. The standard InChI is InChI=1S/C14H22N2/c1-15(2)14-9-5-4-8-13(14)12-16-10-6-3-7-11-16/h4-5,8-9H,3,6-7,10-12H2,1-2H3. The normalized spacial score (nSPS) is 17.4. The van der Waals surface area contributed by atoms with Crippen LogP contribution in [0.25, 0.3) is 0 Å². The van der Waals surface area contributed by atoms with Gasteiger partial charge in [-0.25, -0.2) is 0 Å². The molecule has 0 aliphatic carbocycles. The summed E-state index contributed by atoms with van der Waals surface area (Å²) in [6, 6.07) is 8.73. The van der Waals surface area contributed by atoms with Crippen molar-refractivity contribution in [1.29, 1.82) is 0 Å². The molecule has 1 aromatic rings. The van der Waals surface area contributed by atoms with Crippen molar-refractivity contribution in [3.8, 4) is 0 Å². The van der Waals surface area contributed by atoms with Crippen molar-refractivity contribution < 1.29 is 0 Å². The number of piperidine rings is 1. The van der Waals surface area contributed by atoms with Crippen LogP contribution in [-0.2, 0) is 6.54 Å². The van der Waals surface area contributed by atoms with Gasteiger partial charge in [0.15, 0.2) is 0 Å². The van der Waals surface area contributed by atoms with E-state index in [0.717, 1.165) is 6.54 Å². The molecule has 2 heteroatoms. The average Bonchev–Trinajstić information content (AvgIpc) is 2.31. The van der Waals surface area contributed by atoms with Crippen molar-refractivity contribution in [1.82, 2.24) is 4.90 Å². The van der Waals surface area contributed by atoms with E-state index in [2.05, 4.69) is 48.2 Å². The van der Waals surface area contributed by atoms with E-state index in [1.165, 1.54) is 43.6 Å². The summed E-state index contributed by atoms with van der Waals surface area (Å²) in [4.78, 5) is 4.78. The fourth-order valence-electron chi connectivity index (χ4n) is 2.44. The summed E-state index contributed by atoms with van der Waals surface area (Å²) in [7, 11) is 4.24. The average molecular weight is 218 g/mol. The van der Waals surface area contributed by atoms with E-state index in [0.29, 0.717) is 0 Å². The van der Waals surface area contributed by atoms with Gasteiger partial charge in [0.2, 0.25) is 0 Å². The molecule has 1 heterocycles. The molecule has 0 aromatic heterocycles. The highest BCUT2D eigenvalue weighted by molar-refractivity contribution is 5.52. The minimum Gasteiger partial charge on any atom is -0.377 e. The molecule has 88 valence electrons. The minimum absolute atomic E-state index is 1.11. The highest BCUT2D eigenvalue weighted by atomic mass is 15.1. The lowest BCUT2D eigenvalue weighted by Crippen LogP contribution is -2.29. The predicted molar refractivity (Wildman–Crippen MR) is 69.9 cm³/mol. The summed E-state index contributed by atoms with van der Waals surface area (Å²) >= 11 is 0.